The van der Waals surface area contributed by atoms with E-state index in [9.17, 15) is 19.7 Å². The molecule has 0 heterocycles. The number of methoxy groups -OCH3 is 1. The smallest absolute Gasteiger partial charge is 0.323 e. The predicted octanol–water partition coefficient (Wildman–Crippen LogP) is 1.54. The fourth-order valence-electron chi connectivity index (χ4n) is 1.83. The largest absolute Gasteiger partial charge is 0.496 e. The standard InChI is InChI=1S/C13H16N2O6/c1-3-6-14(8-12(16)17)13(18)10-7-9(15(19)20)4-5-11(10)21-2/h4-5,7H,3,6,8H2,1-2H3,(H,16,17). The average molecular weight is 296 g/mol. The lowest BCUT2D eigenvalue weighted by molar-refractivity contribution is -0.384. The highest BCUT2D eigenvalue weighted by molar-refractivity contribution is 5.98. The molecule has 114 valence electrons. The zero-order chi connectivity index (χ0) is 16.0. The first kappa shape index (κ1) is 16.4. The normalized spacial score (nSPS) is 10.0. The van der Waals surface area contributed by atoms with Gasteiger partial charge in [0.25, 0.3) is 11.6 Å². The summed E-state index contributed by atoms with van der Waals surface area (Å²) in [6.45, 7) is 1.56. The van der Waals surface area contributed by atoms with Crippen molar-refractivity contribution < 1.29 is 24.4 Å². The van der Waals surface area contributed by atoms with E-state index in [1.165, 1.54) is 19.2 Å². The molecule has 0 aromatic heterocycles. The van der Waals surface area contributed by atoms with Crippen LogP contribution < -0.4 is 4.74 Å². The number of nitrogens with zero attached hydrogens (tertiary/aromatic N) is 2. The van der Waals surface area contributed by atoms with Crippen LogP contribution in [0.25, 0.3) is 0 Å². The summed E-state index contributed by atoms with van der Waals surface area (Å²) >= 11 is 0. The van der Waals surface area contributed by atoms with Gasteiger partial charge in [0.2, 0.25) is 0 Å². The number of nitro groups is 1. The molecular weight excluding hydrogens is 280 g/mol. The van der Waals surface area contributed by atoms with Crippen LogP contribution >= 0.6 is 0 Å². The molecule has 0 radical (unpaired) electrons. The predicted molar refractivity (Wildman–Crippen MR) is 73.5 cm³/mol. The minimum absolute atomic E-state index is 0.0265. The van der Waals surface area contributed by atoms with Crippen LogP contribution in [0.4, 0.5) is 5.69 Å². The fraction of sp³-hybridized carbons (Fsp3) is 0.385. The first-order valence-electron chi connectivity index (χ1n) is 6.24. The van der Waals surface area contributed by atoms with Gasteiger partial charge in [-0.3, -0.25) is 19.7 Å². The molecule has 0 saturated carbocycles. The number of carbonyl (C=O) groups excluding carboxylic acids is 1. The van der Waals surface area contributed by atoms with Gasteiger partial charge in [-0.15, -0.1) is 0 Å². The maximum absolute atomic E-state index is 12.4. The van der Waals surface area contributed by atoms with E-state index in [1.54, 1.807) is 6.92 Å². The van der Waals surface area contributed by atoms with E-state index in [4.69, 9.17) is 9.84 Å². The van der Waals surface area contributed by atoms with Gasteiger partial charge in [0, 0.05) is 18.7 Å². The Morgan fingerprint density at radius 3 is 2.57 bits per heavy atom. The zero-order valence-corrected chi connectivity index (χ0v) is 11.7. The van der Waals surface area contributed by atoms with Crippen LogP contribution in [0.15, 0.2) is 18.2 Å². The number of benzene rings is 1. The SMILES string of the molecule is CCCN(CC(=O)O)C(=O)c1cc([N+](=O)[O-])ccc1OC. The van der Waals surface area contributed by atoms with Crippen LogP contribution in [0.1, 0.15) is 23.7 Å². The Balaban J connectivity index is 3.20. The topological polar surface area (TPSA) is 110 Å². The molecule has 21 heavy (non-hydrogen) atoms. The van der Waals surface area contributed by atoms with Crippen molar-refractivity contribution in [3.63, 3.8) is 0 Å². The molecule has 0 aliphatic heterocycles. The second-order valence-electron chi connectivity index (χ2n) is 4.26. The van der Waals surface area contributed by atoms with Gasteiger partial charge in [-0.05, 0) is 12.5 Å². The molecule has 0 bridgehead atoms. The first-order valence-corrected chi connectivity index (χ1v) is 6.24. The number of ether oxygens (including phenoxy) is 1. The van der Waals surface area contributed by atoms with Crippen molar-refractivity contribution in [1.82, 2.24) is 4.90 Å². The Morgan fingerprint density at radius 2 is 2.10 bits per heavy atom. The average Bonchev–Trinajstić information content (AvgIpc) is 2.44. The first-order chi connectivity index (χ1) is 9.90. The van der Waals surface area contributed by atoms with Crippen LogP contribution in [0.3, 0.4) is 0 Å². The summed E-state index contributed by atoms with van der Waals surface area (Å²) in [6.07, 6.45) is 0.566. The van der Waals surface area contributed by atoms with E-state index in [2.05, 4.69) is 0 Å². The minimum atomic E-state index is -1.15. The van der Waals surface area contributed by atoms with E-state index >= 15 is 0 Å². The van der Waals surface area contributed by atoms with Crippen molar-refractivity contribution in [3.8, 4) is 5.75 Å². The number of carbonyl (C=O) groups is 2. The lowest BCUT2D eigenvalue weighted by atomic mass is 10.1. The highest BCUT2D eigenvalue weighted by atomic mass is 16.6. The molecule has 0 unspecified atom stereocenters. The van der Waals surface area contributed by atoms with Gasteiger partial charge >= 0.3 is 5.97 Å². The Morgan fingerprint density at radius 1 is 1.43 bits per heavy atom. The van der Waals surface area contributed by atoms with Crippen molar-refractivity contribution in [3.05, 3.63) is 33.9 Å². The number of aliphatic carboxylic acids is 1. The molecule has 0 aliphatic rings. The van der Waals surface area contributed by atoms with Gasteiger partial charge in [-0.1, -0.05) is 6.92 Å². The number of carboxylic acid groups (broad SMARTS) is 1. The summed E-state index contributed by atoms with van der Waals surface area (Å²) in [7, 11) is 1.33. The van der Waals surface area contributed by atoms with Gasteiger partial charge in [0.15, 0.2) is 0 Å². The second-order valence-corrected chi connectivity index (χ2v) is 4.26. The number of hydrogen-bond acceptors (Lipinski definition) is 5. The summed E-state index contributed by atoms with van der Waals surface area (Å²) in [5.41, 5.74) is -0.285. The Hall–Kier alpha value is -2.64. The maximum atomic E-state index is 12.4. The van der Waals surface area contributed by atoms with Crippen molar-refractivity contribution in [2.45, 2.75) is 13.3 Å². The van der Waals surface area contributed by atoms with E-state index in [0.29, 0.717) is 6.42 Å². The Labute approximate surface area is 121 Å². The maximum Gasteiger partial charge on any atom is 0.323 e. The summed E-state index contributed by atoms with van der Waals surface area (Å²) < 4.78 is 5.02. The minimum Gasteiger partial charge on any atom is -0.496 e. The molecule has 8 heteroatoms. The second kappa shape index (κ2) is 7.22. The van der Waals surface area contributed by atoms with E-state index < -0.39 is 23.3 Å². The van der Waals surface area contributed by atoms with Crippen molar-refractivity contribution >= 4 is 17.6 Å². The van der Waals surface area contributed by atoms with E-state index in [0.717, 1.165) is 11.0 Å². The van der Waals surface area contributed by atoms with Crippen LogP contribution in [0, 0.1) is 10.1 Å². The van der Waals surface area contributed by atoms with Crippen LogP contribution in [-0.4, -0.2) is 47.0 Å². The molecule has 0 saturated heterocycles. The van der Waals surface area contributed by atoms with Gasteiger partial charge < -0.3 is 14.7 Å². The molecule has 8 nitrogen and oxygen atoms in total. The van der Waals surface area contributed by atoms with Crippen LogP contribution in [-0.2, 0) is 4.79 Å². The number of hydrogen-bond donors (Lipinski definition) is 1. The molecule has 1 aromatic carbocycles. The highest BCUT2D eigenvalue weighted by Gasteiger charge is 2.23. The molecule has 1 rings (SSSR count). The van der Waals surface area contributed by atoms with E-state index in [1.807, 2.05) is 0 Å². The van der Waals surface area contributed by atoms with Gasteiger partial charge in [-0.2, -0.15) is 0 Å². The number of rotatable bonds is 7. The molecule has 0 spiro atoms. The lowest BCUT2D eigenvalue weighted by Gasteiger charge is -2.21. The van der Waals surface area contributed by atoms with Crippen molar-refractivity contribution in [1.29, 1.82) is 0 Å². The van der Waals surface area contributed by atoms with Gasteiger partial charge in [0.1, 0.15) is 12.3 Å². The zero-order valence-electron chi connectivity index (χ0n) is 11.7. The van der Waals surface area contributed by atoms with Gasteiger partial charge in [-0.25, -0.2) is 0 Å². The summed E-state index contributed by atoms with van der Waals surface area (Å²) in [4.78, 5) is 34.5. The molecule has 0 atom stereocenters. The molecule has 0 fully saturated rings. The summed E-state index contributed by atoms with van der Waals surface area (Å²) in [5, 5.41) is 19.6. The molecular formula is C13H16N2O6. The fourth-order valence-corrected chi connectivity index (χ4v) is 1.83. The molecule has 1 amide bonds. The summed E-state index contributed by atoms with van der Waals surface area (Å²) in [6, 6.07) is 3.62. The number of carboxylic acids is 1. The Bertz CT molecular complexity index is 558. The third-order valence-electron chi connectivity index (χ3n) is 2.73. The van der Waals surface area contributed by atoms with Crippen LogP contribution in [0.2, 0.25) is 0 Å². The quantitative estimate of drug-likeness (QED) is 0.603. The summed E-state index contributed by atoms with van der Waals surface area (Å²) in [5.74, 6) is -1.60. The Kier molecular flexibility index (Phi) is 5.65. The lowest BCUT2D eigenvalue weighted by Crippen LogP contribution is -2.36. The van der Waals surface area contributed by atoms with E-state index in [-0.39, 0.29) is 23.5 Å². The highest BCUT2D eigenvalue weighted by Crippen LogP contribution is 2.25. The monoisotopic (exact) mass is 296 g/mol. The third kappa shape index (κ3) is 4.16. The number of non-ortho nitro benzene ring substituents is 1. The van der Waals surface area contributed by atoms with Gasteiger partial charge in [0.05, 0.1) is 17.6 Å². The van der Waals surface area contributed by atoms with Crippen molar-refractivity contribution in [2.24, 2.45) is 0 Å². The van der Waals surface area contributed by atoms with Crippen molar-refractivity contribution in [2.75, 3.05) is 20.2 Å². The number of nitro benzene ring substituents is 1. The molecule has 0 aliphatic carbocycles. The van der Waals surface area contributed by atoms with Crippen LogP contribution in [0.5, 0.6) is 5.75 Å². The third-order valence-corrected chi connectivity index (χ3v) is 2.73. The number of amides is 1. The molecule has 1 aromatic rings. The molecule has 1 N–H and O–H groups in total.